The number of anilines is 1. The van der Waals surface area contributed by atoms with Crippen molar-refractivity contribution in [1.82, 2.24) is 14.8 Å². The van der Waals surface area contributed by atoms with Gasteiger partial charge in [-0.2, -0.15) is 0 Å². The largest absolute Gasteiger partial charge is 0.496 e. The molecule has 0 unspecified atom stereocenters. The maximum Gasteiger partial charge on any atom is 0.234 e. The molecule has 0 saturated carbocycles. The smallest absolute Gasteiger partial charge is 0.234 e. The van der Waals surface area contributed by atoms with Gasteiger partial charge in [0.2, 0.25) is 5.91 Å². The van der Waals surface area contributed by atoms with Gasteiger partial charge in [0.05, 0.1) is 29.1 Å². The fraction of sp³-hybridized carbons (Fsp3) is 0.211. The second-order valence-electron chi connectivity index (χ2n) is 5.57. The molecule has 140 valence electrons. The zero-order valence-electron chi connectivity index (χ0n) is 15.0. The highest BCUT2D eigenvalue weighted by atomic mass is 35.5. The van der Waals surface area contributed by atoms with E-state index in [2.05, 4.69) is 15.5 Å². The quantitative estimate of drug-likeness (QED) is 0.594. The summed E-state index contributed by atoms with van der Waals surface area (Å²) in [4.78, 5) is 12.2. The number of hydrogen-bond donors (Lipinski definition) is 1. The van der Waals surface area contributed by atoms with Gasteiger partial charge < -0.3 is 14.6 Å². The molecule has 0 spiro atoms. The lowest BCUT2D eigenvalue weighted by Gasteiger charge is -2.10. The van der Waals surface area contributed by atoms with E-state index in [0.717, 1.165) is 11.3 Å². The van der Waals surface area contributed by atoms with E-state index in [4.69, 9.17) is 16.3 Å². The SMILES string of the molecule is CCn1c(SCC(=O)Nc2ccccc2Cl)nnc1-c1ccccc1OC. The van der Waals surface area contributed by atoms with E-state index in [9.17, 15) is 4.79 Å². The van der Waals surface area contributed by atoms with Crippen LogP contribution in [0.1, 0.15) is 6.92 Å². The van der Waals surface area contributed by atoms with Gasteiger partial charge in [-0.25, -0.2) is 0 Å². The van der Waals surface area contributed by atoms with Crippen LogP contribution < -0.4 is 10.1 Å². The lowest BCUT2D eigenvalue weighted by Crippen LogP contribution is -2.15. The Hall–Kier alpha value is -2.51. The first kappa shape index (κ1) is 19.3. The molecule has 27 heavy (non-hydrogen) atoms. The molecule has 1 N–H and O–H groups in total. The first-order chi connectivity index (χ1) is 13.1. The molecule has 0 fully saturated rings. The third kappa shape index (κ3) is 4.43. The van der Waals surface area contributed by atoms with Crippen molar-refractivity contribution in [3.8, 4) is 17.1 Å². The lowest BCUT2D eigenvalue weighted by molar-refractivity contribution is -0.113. The third-order valence-electron chi connectivity index (χ3n) is 3.86. The number of thioether (sulfide) groups is 1. The Bertz CT molecular complexity index is 945. The van der Waals surface area contributed by atoms with E-state index in [1.807, 2.05) is 47.9 Å². The second-order valence-corrected chi connectivity index (χ2v) is 6.92. The predicted octanol–water partition coefficient (Wildman–Crippen LogP) is 4.36. The summed E-state index contributed by atoms with van der Waals surface area (Å²) in [5.41, 5.74) is 1.46. The topological polar surface area (TPSA) is 69.0 Å². The number of benzene rings is 2. The molecule has 0 aliphatic carbocycles. The number of hydrogen-bond acceptors (Lipinski definition) is 5. The molecule has 0 radical (unpaired) electrons. The van der Waals surface area contributed by atoms with Crippen LogP contribution in [0.4, 0.5) is 5.69 Å². The van der Waals surface area contributed by atoms with Gasteiger partial charge in [-0.1, -0.05) is 47.6 Å². The Morgan fingerprint density at radius 1 is 1.19 bits per heavy atom. The van der Waals surface area contributed by atoms with E-state index in [-0.39, 0.29) is 11.7 Å². The fourth-order valence-electron chi connectivity index (χ4n) is 2.59. The number of para-hydroxylation sites is 2. The number of halogens is 1. The first-order valence-corrected chi connectivity index (χ1v) is 9.74. The summed E-state index contributed by atoms with van der Waals surface area (Å²) in [6.07, 6.45) is 0. The standard InChI is InChI=1S/C19H19ClN4O2S/c1-3-24-18(13-8-4-7-11-16(13)26-2)22-23-19(24)27-12-17(25)21-15-10-6-5-9-14(15)20/h4-11H,3,12H2,1-2H3,(H,21,25). The Morgan fingerprint density at radius 2 is 1.93 bits per heavy atom. The highest BCUT2D eigenvalue weighted by Crippen LogP contribution is 2.31. The van der Waals surface area contributed by atoms with Crippen molar-refractivity contribution in [3.63, 3.8) is 0 Å². The molecule has 1 amide bonds. The Kier molecular flexibility index (Phi) is 6.36. The highest BCUT2D eigenvalue weighted by molar-refractivity contribution is 7.99. The Balaban J connectivity index is 1.74. The summed E-state index contributed by atoms with van der Waals surface area (Å²) in [7, 11) is 1.63. The molecule has 3 aromatic rings. The molecule has 1 aromatic heterocycles. The lowest BCUT2D eigenvalue weighted by atomic mass is 10.2. The number of amides is 1. The van der Waals surface area contributed by atoms with Gasteiger partial charge in [-0.3, -0.25) is 4.79 Å². The van der Waals surface area contributed by atoms with E-state index in [1.165, 1.54) is 11.8 Å². The number of ether oxygens (including phenoxy) is 1. The number of carbonyl (C=O) groups excluding carboxylic acids is 1. The summed E-state index contributed by atoms with van der Waals surface area (Å²) in [5, 5.41) is 12.5. The van der Waals surface area contributed by atoms with Gasteiger partial charge in [0.25, 0.3) is 0 Å². The minimum absolute atomic E-state index is 0.155. The molecule has 2 aromatic carbocycles. The zero-order valence-corrected chi connectivity index (χ0v) is 16.5. The number of nitrogens with zero attached hydrogens (tertiary/aromatic N) is 3. The van der Waals surface area contributed by atoms with Crippen molar-refractivity contribution >= 4 is 35.0 Å². The van der Waals surface area contributed by atoms with Crippen molar-refractivity contribution in [1.29, 1.82) is 0 Å². The van der Waals surface area contributed by atoms with Gasteiger partial charge in [0.1, 0.15) is 5.75 Å². The van der Waals surface area contributed by atoms with Crippen LogP contribution in [-0.4, -0.2) is 33.5 Å². The van der Waals surface area contributed by atoms with Crippen molar-refractivity contribution in [2.75, 3.05) is 18.2 Å². The molecule has 6 nitrogen and oxygen atoms in total. The normalized spacial score (nSPS) is 10.6. The predicted molar refractivity (Wildman–Crippen MR) is 108 cm³/mol. The Labute approximate surface area is 166 Å². The summed E-state index contributed by atoms with van der Waals surface area (Å²) in [6.45, 7) is 2.69. The molecule has 1 heterocycles. The number of rotatable bonds is 7. The average molecular weight is 403 g/mol. The van der Waals surface area contributed by atoms with Crippen molar-refractivity contribution < 1.29 is 9.53 Å². The van der Waals surface area contributed by atoms with Crippen LogP contribution in [0.2, 0.25) is 5.02 Å². The minimum atomic E-state index is -0.155. The van der Waals surface area contributed by atoms with E-state index >= 15 is 0 Å². The van der Waals surface area contributed by atoms with Crippen LogP contribution in [0.5, 0.6) is 5.75 Å². The maximum absolute atomic E-state index is 12.2. The van der Waals surface area contributed by atoms with Crippen LogP contribution in [0.3, 0.4) is 0 Å². The number of aromatic nitrogens is 3. The number of methoxy groups -OCH3 is 1. The first-order valence-electron chi connectivity index (χ1n) is 8.37. The molecule has 0 atom stereocenters. The van der Waals surface area contributed by atoms with Gasteiger partial charge in [-0.05, 0) is 31.2 Å². The second kappa shape index (κ2) is 8.92. The average Bonchev–Trinajstić information content (AvgIpc) is 3.10. The minimum Gasteiger partial charge on any atom is -0.496 e. The van der Waals surface area contributed by atoms with Crippen LogP contribution in [-0.2, 0) is 11.3 Å². The molecule has 3 rings (SSSR count). The zero-order chi connectivity index (χ0) is 19.2. The van der Waals surface area contributed by atoms with E-state index in [0.29, 0.717) is 28.2 Å². The molecule has 0 bridgehead atoms. The van der Waals surface area contributed by atoms with Gasteiger partial charge in [0, 0.05) is 6.54 Å². The Morgan fingerprint density at radius 3 is 2.67 bits per heavy atom. The molecule has 0 aliphatic heterocycles. The molecule has 0 aliphatic rings. The van der Waals surface area contributed by atoms with Crippen molar-refractivity contribution in [2.24, 2.45) is 0 Å². The van der Waals surface area contributed by atoms with E-state index < -0.39 is 0 Å². The van der Waals surface area contributed by atoms with Crippen LogP contribution in [0.15, 0.2) is 53.7 Å². The van der Waals surface area contributed by atoms with Crippen LogP contribution in [0.25, 0.3) is 11.4 Å². The molecular weight excluding hydrogens is 384 g/mol. The third-order valence-corrected chi connectivity index (χ3v) is 5.16. The van der Waals surface area contributed by atoms with Gasteiger partial charge >= 0.3 is 0 Å². The van der Waals surface area contributed by atoms with Crippen molar-refractivity contribution in [3.05, 3.63) is 53.6 Å². The summed E-state index contributed by atoms with van der Waals surface area (Å²) in [5.74, 6) is 1.49. The van der Waals surface area contributed by atoms with E-state index in [1.54, 1.807) is 19.2 Å². The summed E-state index contributed by atoms with van der Waals surface area (Å²) < 4.78 is 7.38. The molecule has 8 heteroatoms. The number of nitrogens with one attached hydrogen (secondary N) is 1. The van der Waals surface area contributed by atoms with Crippen LogP contribution in [0, 0.1) is 0 Å². The summed E-state index contributed by atoms with van der Waals surface area (Å²) >= 11 is 7.40. The van der Waals surface area contributed by atoms with Gasteiger partial charge in [-0.15, -0.1) is 10.2 Å². The van der Waals surface area contributed by atoms with Gasteiger partial charge in [0.15, 0.2) is 11.0 Å². The summed E-state index contributed by atoms with van der Waals surface area (Å²) in [6, 6.07) is 14.8. The fourth-order valence-corrected chi connectivity index (χ4v) is 3.57. The monoisotopic (exact) mass is 402 g/mol. The highest BCUT2D eigenvalue weighted by Gasteiger charge is 2.17. The van der Waals surface area contributed by atoms with Crippen molar-refractivity contribution in [2.45, 2.75) is 18.6 Å². The number of carbonyl (C=O) groups is 1. The van der Waals surface area contributed by atoms with Crippen LogP contribution >= 0.6 is 23.4 Å². The maximum atomic E-state index is 12.2. The molecule has 0 saturated heterocycles. The molecular formula is C19H19ClN4O2S.